The van der Waals surface area contributed by atoms with E-state index in [1.165, 1.54) is 12.1 Å². The number of nitriles is 1. The van der Waals surface area contributed by atoms with Gasteiger partial charge in [-0.1, -0.05) is 0 Å². The van der Waals surface area contributed by atoms with Crippen LogP contribution in [0.3, 0.4) is 0 Å². The molecule has 0 unspecified atom stereocenters. The molecule has 0 aliphatic heterocycles. The molecule has 3 nitrogen and oxygen atoms in total. The second-order valence-electron chi connectivity index (χ2n) is 2.77. The fourth-order valence-electron chi connectivity index (χ4n) is 1.06. The summed E-state index contributed by atoms with van der Waals surface area (Å²) in [5.41, 5.74) is 5.42. The molecule has 0 heterocycles. The molecule has 0 radical (unpaired) electrons. The summed E-state index contributed by atoms with van der Waals surface area (Å²) in [6, 6.07) is 5.39. The molecule has 1 rings (SSSR count). The lowest BCUT2D eigenvalue weighted by atomic mass is 10.1. The zero-order valence-electron chi connectivity index (χ0n) is 7.46. The first kappa shape index (κ1) is 10.4. The van der Waals surface area contributed by atoms with E-state index in [0.717, 1.165) is 6.07 Å². The standard InChI is InChI=1S/C10H9FN2O/c11-9-2-1-7(5-8(9)6-13)10(14)3-4-12/h1-2,5H,3-4,12H2. The van der Waals surface area contributed by atoms with Crippen LogP contribution in [-0.4, -0.2) is 12.3 Å². The van der Waals surface area contributed by atoms with Gasteiger partial charge in [0.1, 0.15) is 11.9 Å². The third kappa shape index (κ3) is 2.15. The molecular formula is C10H9FN2O. The highest BCUT2D eigenvalue weighted by atomic mass is 19.1. The van der Waals surface area contributed by atoms with E-state index >= 15 is 0 Å². The molecule has 0 amide bonds. The lowest BCUT2D eigenvalue weighted by Gasteiger charge is -1.99. The Kier molecular flexibility index (Phi) is 3.32. The Bertz CT molecular complexity index is 396. The molecule has 1 aromatic rings. The number of hydrogen-bond acceptors (Lipinski definition) is 3. The molecule has 0 aliphatic rings. The van der Waals surface area contributed by atoms with Crippen molar-refractivity contribution in [2.45, 2.75) is 6.42 Å². The van der Waals surface area contributed by atoms with Gasteiger partial charge in [-0.3, -0.25) is 4.79 Å². The van der Waals surface area contributed by atoms with Crippen molar-refractivity contribution in [1.82, 2.24) is 0 Å². The Labute approximate surface area is 81.0 Å². The van der Waals surface area contributed by atoms with Crippen LogP contribution in [0.2, 0.25) is 0 Å². The van der Waals surface area contributed by atoms with Crippen LogP contribution in [0.4, 0.5) is 4.39 Å². The van der Waals surface area contributed by atoms with Crippen molar-refractivity contribution in [3.63, 3.8) is 0 Å². The van der Waals surface area contributed by atoms with E-state index in [1.807, 2.05) is 0 Å². The Morgan fingerprint density at radius 1 is 1.57 bits per heavy atom. The maximum absolute atomic E-state index is 12.9. The molecule has 4 heteroatoms. The van der Waals surface area contributed by atoms with Gasteiger partial charge in [-0.2, -0.15) is 5.26 Å². The monoisotopic (exact) mass is 192 g/mol. The third-order valence-corrected chi connectivity index (χ3v) is 1.78. The topological polar surface area (TPSA) is 66.9 Å². The largest absolute Gasteiger partial charge is 0.330 e. The zero-order chi connectivity index (χ0) is 10.6. The van der Waals surface area contributed by atoms with Crippen molar-refractivity contribution >= 4 is 5.78 Å². The zero-order valence-corrected chi connectivity index (χ0v) is 7.46. The summed E-state index contributed by atoms with van der Waals surface area (Å²) < 4.78 is 12.9. The maximum Gasteiger partial charge on any atom is 0.164 e. The van der Waals surface area contributed by atoms with E-state index in [4.69, 9.17) is 11.0 Å². The first-order chi connectivity index (χ1) is 6.69. The number of hydrogen-bond donors (Lipinski definition) is 1. The molecule has 0 atom stereocenters. The van der Waals surface area contributed by atoms with E-state index in [-0.39, 0.29) is 24.3 Å². The number of rotatable bonds is 3. The molecule has 0 saturated heterocycles. The van der Waals surface area contributed by atoms with Crippen LogP contribution in [0.1, 0.15) is 22.3 Å². The minimum absolute atomic E-state index is 0.118. The smallest absolute Gasteiger partial charge is 0.164 e. The quantitative estimate of drug-likeness (QED) is 0.732. The SMILES string of the molecule is N#Cc1cc(C(=O)CCN)ccc1F. The molecule has 0 aromatic heterocycles. The Balaban J connectivity index is 3.02. The van der Waals surface area contributed by atoms with Crippen LogP contribution >= 0.6 is 0 Å². The van der Waals surface area contributed by atoms with E-state index in [0.29, 0.717) is 5.56 Å². The van der Waals surface area contributed by atoms with Crippen LogP contribution in [0.5, 0.6) is 0 Å². The van der Waals surface area contributed by atoms with Gasteiger partial charge in [0.05, 0.1) is 5.56 Å². The number of ketones is 1. The van der Waals surface area contributed by atoms with Crippen molar-refractivity contribution < 1.29 is 9.18 Å². The van der Waals surface area contributed by atoms with Crippen molar-refractivity contribution in [2.24, 2.45) is 5.73 Å². The Morgan fingerprint density at radius 3 is 2.86 bits per heavy atom. The number of nitrogens with zero attached hydrogens (tertiary/aromatic N) is 1. The van der Waals surface area contributed by atoms with Gasteiger partial charge >= 0.3 is 0 Å². The summed E-state index contributed by atoms with van der Waals surface area (Å²) in [5, 5.41) is 8.53. The third-order valence-electron chi connectivity index (χ3n) is 1.78. The molecule has 0 bridgehead atoms. The summed E-state index contributed by atoms with van der Waals surface area (Å²) in [7, 11) is 0. The highest BCUT2D eigenvalue weighted by Crippen LogP contribution is 2.10. The van der Waals surface area contributed by atoms with Gasteiger partial charge in [-0.15, -0.1) is 0 Å². The van der Waals surface area contributed by atoms with Crippen molar-refractivity contribution in [1.29, 1.82) is 5.26 Å². The predicted molar refractivity (Wildman–Crippen MR) is 49.1 cm³/mol. The Hall–Kier alpha value is -1.73. The molecule has 0 fully saturated rings. The van der Waals surface area contributed by atoms with Crippen LogP contribution < -0.4 is 5.73 Å². The summed E-state index contributed by atoms with van der Waals surface area (Å²) in [6.07, 6.45) is 0.205. The molecule has 0 spiro atoms. The lowest BCUT2D eigenvalue weighted by molar-refractivity contribution is 0.0985. The first-order valence-electron chi connectivity index (χ1n) is 4.12. The number of nitrogens with two attached hydrogens (primary N) is 1. The van der Waals surface area contributed by atoms with Gasteiger partial charge in [0.15, 0.2) is 5.78 Å². The van der Waals surface area contributed by atoms with Gasteiger partial charge in [-0.25, -0.2) is 4.39 Å². The summed E-state index contributed by atoms with van der Waals surface area (Å²) in [6.45, 7) is 0.248. The first-order valence-corrected chi connectivity index (χ1v) is 4.12. The van der Waals surface area contributed by atoms with Crippen LogP contribution in [0.25, 0.3) is 0 Å². The van der Waals surface area contributed by atoms with Gasteiger partial charge < -0.3 is 5.73 Å². The van der Waals surface area contributed by atoms with Crippen molar-refractivity contribution in [2.75, 3.05) is 6.54 Å². The fourth-order valence-corrected chi connectivity index (χ4v) is 1.06. The normalized spacial score (nSPS) is 9.50. The number of carbonyl (C=O) groups is 1. The molecule has 1 aromatic carbocycles. The lowest BCUT2D eigenvalue weighted by Crippen LogP contribution is -2.08. The molecule has 72 valence electrons. The van der Waals surface area contributed by atoms with Crippen LogP contribution in [0, 0.1) is 17.1 Å². The van der Waals surface area contributed by atoms with E-state index < -0.39 is 5.82 Å². The molecular weight excluding hydrogens is 183 g/mol. The number of halogens is 1. The van der Waals surface area contributed by atoms with Gasteiger partial charge in [0, 0.05) is 12.0 Å². The molecule has 0 saturated carbocycles. The number of Topliss-reactive ketones (excluding diaryl/α,β-unsaturated/α-hetero) is 1. The summed E-state index contributed by atoms with van der Waals surface area (Å²) >= 11 is 0. The van der Waals surface area contributed by atoms with Gasteiger partial charge in [0.25, 0.3) is 0 Å². The maximum atomic E-state index is 12.9. The highest BCUT2D eigenvalue weighted by Gasteiger charge is 2.08. The number of benzene rings is 1. The molecule has 0 aliphatic carbocycles. The van der Waals surface area contributed by atoms with Crippen LogP contribution in [0.15, 0.2) is 18.2 Å². The number of carbonyl (C=O) groups excluding carboxylic acids is 1. The van der Waals surface area contributed by atoms with E-state index in [1.54, 1.807) is 6.07 Å². The van der Waals surface area contributed by atoms with Crippen LogP contribution in [-0.2, 0) is 0 Å². The second-order valence-corrected chi connectivity index (χ2v) is 2.77. The van der Waals surface area contributed by atoms with Crippen molar-refractivity contribution in [3.8, 4) is 6.07 Å². The summed E-state index contributed by atoms with van der Waals surface area (Å²) in [5.74, 6) is -0.791. The second kappa shape index (κ2) is 4.49. The van der Waals surface area contributed by atoms with Crippen molar-refractivity contribution in [3.05, 3.63) is 35.1 Å². The molecule has 14 heavy (non-hydrogen) atoms. The fraction of sp³-hybridized carbons (Fsp3) is 0.200. The minimum Gasteiger partial charge on any atom is -0.330 e. The van der Waals surface area contributed by atoms with E-state index in [2.05, 4.69) is 0 Å². The van der Waals surface area contributed by atoms with Gasteiger partial charge in [0.2, 0.25) is 0 Å². The van der Waals surface area contributed by atoms with Gasteiger partial charge in [-0.05, 0) is 24.7 Å². The highest BCUT2D eigenvalue weighted by molar-refractivity contribution is 5.96. The predicted octanol–water partition coefficient (Wildman–Crippen LogP) is 1.23. The Morgan fingerprint density at radius 2 is 2.29 bits per heavy atom. The minimum atomic E-state index is -0.614. The molecule has 2 N–H and O–H groups in total. The average molecular weight is 192 g/mol. The van der Waals surface area contributed by atoms with E-state index in [9.17, 15) is 9.18 Å². The average Bonchev–Trinajstić information content (AvgIpc) is 2.19. The summed E-state index contributed by atoms with van der Waals surface area (Å²) in [4.78, 5) is 11.3.